The summed E-state index contributed by atoms with van der Waals surface area (Å²) in [6.07, 6.45) is 0.0287. The lowest BCUT2D eigenvalue weighted by Crippen LogP contribution is -2.36. The summed E-state index contributed by atoms with van der Waals surface area (Å²) in [5.41, 5.74) is 0.222. The number of rotatable bonds is 4. The zero-order chi connectivity index (χ0) is 15.7. The number of amides is 2. The van der Waals surface area contributed by atoms with Gasteiger partial charge in [-0.15, -0.1) is 0 Å². The van der Waals surface area contributed by atoms with Crippen LogP contribution in [-0.2, 0) is 9.59 Å². The fourth-order valence-corrected chi connectivity index (χ4v) is 2.28. The predicted molar refractivity (Wildman–Crippen MR) is 76.0 cm³/mol. The Kier molecular flexibility index (Phi) is 4.27. The van der Waals surface area contributed by atoms with E-state index in [0.29, 0.717) is 0 Å². The average molecular weight is 313 g/mol. The third-order valence-electron chi connectivity index (χ3n) is 3.03. The van der Waals surface area contributed by atoms with Crippen LogP contribution in [0.3, 0.4) is 0 Å². The maximum absolute atomic E-state index is 13.5. The van der Waals surface area contributed by atoms with Gasteiger partial charge in [0.1, 0.15) is 5.82 Å². The Morgan fingerprint density at radius 3 is 2.67 bits per heavy atom. The van der Waals surface area contributed by atoms with Crippen LogP contribution >= 0.6 is 11.6 Å². The molecule has 0 bridgehead atoms. The zero-order valence-corrected chi connectivity index (χ0v) is 12.3. The molecule has 0 aromatic heterocycles. The van der Waals surface area contributed by atoms with Gasteiger partial charge in [0, 0.05) is 19.0 Å². The Hall–Kier alpha value is -1.95. The number of nitrogens with one attached hydrogen (secondary N) is 1. The first kappa shape index (κ1) is 15.4. The first-order valence-electron chi connectivity index (χ1n) is 6.46. The number of hydrogen-bond donors (Lipinski definition) is 1. The van der Waals surface area contributed by atoms with Crippen molar-refractivity contribution in [3.05, 3.63) is 28.5 Å². The molecule has 0 atom stereocenters. The summed E-state index contributed by atoms with van der Waals surface area (Å²) in [5.74, 6) is -2.47. The van der Waals surface area contributed by atoms with Crippen molar-refractivity contribution in [2.75, 3.05) is 11.4 Å². The second kappa shape index (κ2) is 5.81. The molecule has 0 radical (unpaired) electrons. The standard InChI is InChI=1S/C14H14ClFN2O3/c1-7(2)17-12(19)3-4-18-11-6-10(16)9(15)5-8(11)13(20)14(18)21/h5-7H,3-4H2,1-2H3,(H,17,19). The summed E-state index contributed by atoms with van der Waals surface area (Å²) < 4.78 is 13.5. The molecule has 1 heterocycles. The van der Waals surface area contributed by atoms with Crippen LogP contribution in [0.25, 0.3) is 0 Å². The molecule has 1 aromatic carbocycles. The molecule has 0 saturated heterocycles. The fourth-order valence-electron chi connectivity index (χ4n) is 2.12. The lowest BCUT2D eigenvalue weighted by atomic mass is 10.1. The molecule has 7 heteroatoms. The van der Waals surface area contributed by atoms with Crippen LogP contribution < -0.4 is 10.2 Å². The number of nitrogens with zero attached hydrogens (tertiary/aromatic N) is 1. The Labute approximate surface area is 126 Å². The zero-order valence-electron chi connectivity index (χ0n) is 11.6. The van der Waals surface area contributed by atoms with Crippen LogP contribution in [0.2, 0.25) is 5.02 Å². The van der Waals surface area contributed by atoms with E-state index in [-0.39, 0.29) is 41.2 Å². The summed E-state index contributed by atoms with van der Waals surface area (Å²) in [6.45, 7) is 3.64. The topological polar surface area (TPSA) is 66.5 Å². The summed E-state index contributed by atoms with van der Waals surface area (Å²) in [6, 6.07) is 2.17. The molecule has 0 fully saturated rings. The summed E-state index contributed by atoms with van der Waals surface area (Å²) in [7, 11) is 0. The molecular weight excluding hydrogens is 299 g/mol. The van der Waals surface area contributed by atoms with Crippen LogP contribution in [0.4, 0.5) is 10.1 Å². The van der Waals surface area contributed by atoms with Gasteiger partial charge >= 0.3 is 0 Å². The van der Waals surface area contributed by atoms with Crippen molar-refractivity contribution in [1.29, 1.82) is 0 Å². The Bertz CT molecular complexity index is 631. The van der Waals surface area contributed by atoms with Gasteiger partial charge in [-0.1, -0.05) is 11.6 Å². The second-order valence-corrected chi connectivity index (χ2v) is 5.45. The molecule has 1 aromatic rings. The minimum absolute atomic E-state index is 0.0111. The maximum atomic E-state index is 13.5. The number of anilines is 1. The van der Waals surface area contributed by atoms with Gasteiger partial charge in [0.25, 0.3) is 11.7 Å². The maximum Gasteiger partial charge on any atom is 0.299 e. The lowest BCUT2D eigenvalue weighted by molar-refractivity contribution is -0.121. The average Bonchev–Trinajstić information content (AvgIpc) is 2.61. The van der Waals surface area contributed by atoms with Gasteiger partial charge in [-0.05, 0) is 26.0 Å². The van der Waals surface area contributed by atoms with Crippen LogP contribution in [0.1, 0.15) is 30.6 Å². The molecule has 2 rings (SSSR count). The molecular formula is C14H14ClFN2O3. The normalized spacial score (nSPS) is 13.9. The number of Topliss-reactive ketones (excluding diaryl/α,β-unsaturated/α-hetero) is 1. The number of halogens is 2. The highest BCUT2D eigenvalue weighted by atomic mass is 35.5. The van der Waals surface area contributed by atoms with E-state index in [4.69, 9.17) is 11.6 Å². The highest BCUT2D eigenvalue weighted by Crippen LogP contribution is 2.33. The molecule has 1 aliphatic rings. The monoisotopic (exact) mass is 312 g/mol. The number of fused-ring (bicyclic) bond motifs is 1. The minimum atomic E-state index is -0.774. The van der Waals surface area contributed by atoms with Crippen molar-refractivity contribution in [1.82, 2.24) is 5.32 Å². The molecule has 1 aliphatic heterocycles. The van der Waals surface area contributed by atoms with Gasteiger partial charge < -0.3 is 10.2 Å². The predicted octanol–water partition coefficient (Wildman–Crippen LogP) is 1.92. The Morgan fingerprint density at radius 1 is 1.38 bits per heavy atom. The van der Waals surface area contributed by atoms with E-state index in [9.17, 15) is 18.8 Å². The second-order valence-electron chi connectivity index (χ2n) is 5.04. The van der Waals surface area contributed by atoms with Crippen LogP contribution in [0.5, 0.6) is 0 Å². The molecule has 2 amide bonds. The molecule has 0 unspecified atom stereocenters. The van der Waals surface area contributed by atoms with E-state index in [0.717, 1.165) is 17.0 Å². The van der Waals surface area contributed by atoms with Gasteiger partial charge in [-0.3, -0.25) is 14.4 Å². The van der Waals surface area contributed by atoms with E-state index < -0.39 is 17.5 Å². The number of carbonyl (C=O) groups is 3. The van der Waals surface area contributed by atoms with Crippen LogP contribution in [0, 0.1) is 5.82 Å². The number of carbonyl (C=O) groups excluding carboxylic acids is 3. The smallest absolute Gasteiger partial charge is 0.299 e. The van der Waals surface area contributed by atoms with E-state index >= 15 is 0 Å². The quantitative estimate of drug-likeness (QED) is 0.864. The third kappa shape index (κ3) is 3.05. The van der Waals surface area contributed by atoms with Crippen molar-refractivity contribution in [2.24, 2.45) is 0 Å². The van der Waals surface area contributed by atoms with Crippen molar-refractivity contribution in [3.63, 3.8) is 0 Å². The van der Waals surface area contributed by atoms with Gasteiger partial charge in [0.15, 0.2) is 0 Å². The van der Waals surface area contributed by atoms with Crippen molar-refractivity contribution >= 4 is 34.9 Å². The minimum Gasteiger partial charge on any atom is -0.354 e. The summed E-state index contributed by atoms with van der Waals surface area (Å²) >= 11 is 5.62. The van der Waals surface area contributed by atoms with E-state index in [1.54, 1.807) is 0 Å². The molecule has 0 saturated carbocycles. The summed E-state index contributed by atoms with van der Waals surface area (Å²) in [5, 5.41) is 2.47. The van der Waals surface area contributed by atoms with Gasteiger partial charge in [0.2, 0.25) is 5.91 Å². The SMILES string of the molecule is CC(C)NC(=O)CCN1C(=O)C(=O)c2cc(Cl)c(F)cc21. The lowest BCUT2D eigenvalue weighted by Gasteiger charge is -2.17. The molecule has 5 nitrogen and oxygen atoms in total. The van der Waals surface area contributed by atoms with Crippen LogP contribution in [0.15, 0.2) is 12.1 Å². The molecule has 0 aliphatic carbocycles. The van der Waals surface area contributed by atoms with Gasteiger partial charge in [0.05, 0.1) is 16.3 Å². The first-order chi connectivity index (χ1) is 9.81. The Morgan fingerprint density at radius 2 is 2.05 bits per heavy atom. The van der Waals surface area contributed by atoms with E-state index in [1.165, 1.54) is 0 Å². The number of ketones is 1. The largest absolute Gasteiger partial charge is 0.354 e. The van der Waals surface area contributed by atoms with Gasteiger partial charge in [-0.25, -0.2) is 4.39 Å². The summed E-state index contributed by atoms with van der Waals surface area (Å²) in [4.78, 5) is 36.4. The molecule has 112 valence electrons. The van der Waals surface area contributed by atoms with Crippen molar-refractivity contribution < 1.29 is 18.8 Å². The highest BCUT2D eigenvalue weighted by molar-refractivity contribution is 6.52. The highest BCUT2D eigenvalue weighted by Gasteiger charge is 2.36. The number of hydrogen-bond acceptors (Lipinski definition) is 3. The Balaban J connectivity index is 2.19. The number of benzene rings is 1. The van der Waals surface area contributed by atoms with Crippen LogP contribution in [-0.4, -0.2) is 30.2 Å². The molecule has 1 N–H and O–H groups in total. The van der Waals surface area contributed by atoms with Crippen molar-refractivity contribution in [3.8, 4) is 0 Å². The van der Waals surface area contributed by atoms with Crippen molar-refractivity contribution in [2.45, 2.75) is 26.3 Å². The molecule has 21 heavy (non-hydrogen) atoms. The fraction of sp³-hybridized carbons (Fsp3) is 0.357. The third-order valence-corrected chi connectivity index (χ3v) is 3.32. The molecule has 0 spiro atoms. The van der Waals surface area contributed by atoms with E-state index in [1.807, 2.05) is 13.8 Å². The first-order valence-corrected chi connectivity index (χ1v) is 6.83. The van der Waals surface area contributed by atoms with E-state index in [2.05, 4.69) is 5.32 Å². The van der Waals surface area contributed by atoms with Gasteiger partial charge in [-0.2, -0.15) is 0 Å².